The zero-order valence-electron chi connectivity index (χ0n) is 57.8. The standard InChI is InChI=1S/C79H126O6P2/c1-13-15-17-19-21-23-25-27-29-31-33-35-47-57-80-86(82-73-55-45-43-53-67(73)65-49-39-37-40-50-65)84-75-59-63(3)69(61-71(75)77(5,6)7)79(11,12)70-62-72(78(8,9)10)76(60-64(70)4)85-87(83-74-56-46-44-54-68(74)66-51-41-38-42-52-66)81-58-48-36-34-32-30-28-26-24-22-20-18-16-14-2/h43-46,53-56,59-62,65-66H,13-42,47-52,57-58H2,1-12H3. The van der Waals surface area contributed by atoms with Gasteiger partial charge in [-0.2, -0.15) is 0 Å². The van der Waals surface area contributed by atoms with Crippen LogP contribution in [0.1, 0.15) is 357 Å². The van der Waals surface area contributed by atoms with Crippen LogP contribution in [0.4, 0.5) is 0 Å². The molecule has 0 heterocycles. The molecule has 0 bridgehead atoms. The first-order chi connectivity index (χ1) is 42.0. The van der Waals surface area contributed by atoms with E-state index in [1.165, 1.54) is 239 Å². The molecule has 6 nitrogen and oxygen atoms in total. The van der Waals surface area contributed by atoms with Crippen LogP contribution in [-0.2, 0) is 25.3 Å². The lowest BCUT2D eigenvalue weighted by molar-refractivity contribution is 0.255. The monoisotopic (exact) mass is 1230 g/mol. The van der Waals surface area contributed by atoms with Gasteiger partial charge in [0.05, 0.1) is 13.2 Å². The summed E-state index contributed by atoms with van der Waals surface area (Å²) in [6, 6.07) is 26.8. The van der Waals surface area contributed by atoms with Crippen molar-refractivity contribution in [2.75, 3.05) is 13.2 Å². The van der Waals surface area contributed by atoms with E-state index in [0.717, 1.165) is 59.8 Å². The molecule has 0 amide bonds. The molecule has 488 valence electrons. The molecule has 2 atom stereocenters. The average Bonchev–Trinajstić information content (AvgIpc) is 1.20. The van der Waals surface area contributed by atoms with E-state index in [2.05, 4.69) is 156 Å². The summed E-state index contributed by atoms with van der Waals surface area (Å²) < 4.78 is 42.0. The Balaban J connectivity index is 1.20. The number of aryl methyl sites for hydroxylation is 2. The molecule has 6 rings (SSSR count). The average molecular weight is 1230 g/mol. The van der Waals surface area contributed by atoms with Gasteiger partial charge in [-0.3, -0.25) is 9.05 Å². The fraction of sp³-hybridized carbons (Fsp3) is 0.696. The number of hydrogen-bond donors (Lipinski definition) is 0. The number of benzene rings is 4. The Bertz CT molecular complexity index is 2340. The largest absolute Gasteiger partial charge is 0.463 e. The Morgan fingerprint density at radius 3 is 0.943 bits per heavy atom. The molecule has 2 aliphatic carbocycles. The van der Waals surface area contributed by atoms with Crippen LogP contribution in [0.3, 0.4) is 0 Å². The Morgan fingerprint density at radius 2 is 0.632 bits per heavy atom. The maximum Gasteiger partial charge on any atom is 0.463 e. The highest BCUT2D eigenvalue weighted by molar-refractivity contribution is 7.42. The summed E-state index contributed by atoms with van der Waals surface area (Å²) in [5, 5.41) is 0. The number of rotatable bonds is 42. The highest BCUT2D eigenvalue weighted by atomic mass is 31.2. The van der Waals surface area contributed by atoms with Crippen molar-refractivity contribution in [1.29, 1.82) is 0 Å². The van der Waals surface area contributed by atoms with Crippen LogP contribution in [0.15, 0.2) is 72.8 Å². The Labute approximate surface area is 537 Å². The lowest BCUT2D eigenvalue weighted by atomic mass is 9.71. The predicted molar refractivity (Wildman–Crippen MR) is 376 cm³/mol. The Hall–Kier alpha value is -3.14. The molecule has 2 unspecified atom stereocenters. The van der Waals surface area contributed by atoms with Gasteiger partial charge in [0.1, 0.15) is 23.0 Å². The molecule has 2 fully saturated rings. The summed E-state index contributed by atoms with van der Waals surface area (Å²) in [5.41, 5.74) is 9.00. The maximum atomic E-state index is 7.17. The van der Waals surface area contributed by atoms with Crippen LogP contribution >= 0.6 is 17.2 Å². The van der Waals surface area contributed by atoms with E-state index in [-0.39, 0.29) is 16.2 Å². The second kappa shape index (κ2) is 39.3. The van der Waals surface area contributed by atoms with Crippen LogP contribution in [-0.4, -0.2) is 13.2 Å². The molecule has 0 N–H and O–H groups in total. The summed E-state index contributed by atoms with van der Waals surface area (Å²) >= 11 is 0. The van der Waals surface area contributed by atoms with Gasteiger partial charge >= 0.3 is 17.2 Å². The van der Waals surface area contributed by atoms with Crippen LogP contribution in [0.25, 0.3) is 0 Å². The van der Waals surface area contributed by atoms with Crippen LogP contribution in [0.2, 0.25) is 0 Å². The number of unbranched alkanes of at least 4 members (excludes halogenated alkanes) is 24. The fourth-order valence-corrected chi connectivity index (χ4v) is 15.9. The first kappa shape index (κ1) is 72.9. The van der Waals surface area contributed by atoms with Gasteiger partial charge in [0.15, 0.2) is 0 Å². The molecule has 2 aliphatic rings. The topological polar surface area (TPSA) is 55.4 Å². The molecule has 0 saturated heterocycles. The second-order valence-electron chi connectivity index (χ2n) is 29.2. The summed E-state index contributed by atoms with van der Waals surface area (Å²) in [5.74, 6) is 4.52. The predicted octanol–water partition coefficient (Wildman–Crippen LogP) is 26.9. The summed E-state index contributed by atoms with van der Waals surface area (Å²) in [6.45, 7) is 29.0. The van der Waals surface area contributed by atoms with E-state index in [1.807, 2.05) is 0 Å². The highest BCUT2D eigenvalue weighted by Gasteiger charge is 2.35. The van der Waals surface area contributed by atoms with Crippen molar-refractivity contribution in [3.05, 3.63) is 117 Å². The third-order valence-corrected chi connectivity index (χ3v) is 21.3. The third-order valence-electron chi connectivity index (χ3n) is 19.1. The van der Waals surface area contributed by atoms with Crippen molar-refractivity contribution >= 4 is 17.2 Å². The van der Waals surface area contributed by atoms with E-state index in [4.69, 9.17) is 27.1 Å². The van der Waals surface area contributed by atoms with Crippen molar-refractivity contribution in [2.24, 2.45) is 0 Å². The second-order valence-corrected chi connectivity index (χ2v) is 31.3. The van der Waals surface area contributed by atoms with Crippen molar-refractivity contribution in [2.45, 2.75) is 342 Å². The zero-order valence-corrected chi connectivity index (χ0v) is 59.6. The third kappa shape index (κ3) is 25.1. The molecular formula is C79H126O6P2. The first-order valence-electron chi connectivity index (χ1n) is 36.1. The van der Waals surface area contributed by atoms with Gasteiger partial charge in [0.25, 0.3) is 0 Å². The molecule has 0 aromatic heterocycles. The van der Waals surface area contributed by atoms with Gasteiger partial charge in [-0.15, -0.1) is 0 Å². The molecule has 0 spiro atoms. The van der Waals surface area contributed by atoms with E-state index >= 15 is 0 Å². The number of hydrogen-bond acceptors (Lipinski definition) is 6. The van der Waals surface area contributed by atoms with Gasteiger partial charge < -0.3 is 18.1 Å². The van der Waals surface area contributed by atoms with Crippen LogP contribution in [0.5, 0.6) is 23.0 Å². The SMILES string of the molecule is CCCCCCCCCCCCCCCOP(Oc1ccccc1C1CCCCC1)Oc1cc(C)c(C(C)(C)c2cc(C(C)(C)C)c(OP(OCCCCCCCCCCCCCCC)Oc3ccccc3C3CCCCC3)cc2C)cc1C(C)(C)C. The van der Waals surface area contributed by atoms with Crippen molar-refractivity contribution in [1.82, 2.24) is 0 Å². The molecule has 4 aromatic rings. The summed E-state index contributed by atoms with van der Waals surface area (Å²) in [6.07, 6.45) is 46.8. The fourth-order valence-electron chi connectivity index (χ4n) is 13.8. The van der Waals surface area contributed by atoms with E-state index in [1.54, 1.807) is 0 Å². The molecule has 0 radical (unpaired) electrons. The molecule has 2 saturated carbocycles. The van der Waals surface area contributed by atoms with Gasteiger partial charge in [-0.05, 0) is 133 Å². The lowest BCUT2D eigenvalue weighted by Crippen LogP contribution is -2.25. The maximum absolute atomic E-state index is 7.17. The van der Waals surface area contributed by atoms with Gasteiger partial charge in [0.2, 0.25) is 0 Å². The molecule has 87 heavy (non-hydrogen) atoms. The van der Waals surface area contributed by atoms with Crippen LogP contribution in [0, 0.1) is 13.8 Å². The number of para-hydroxylation sites is 2. The van der Waals surface area contributed by atoms with Gasteiger partial charge in [-0.25, -0.2) is 0 Å². The molecule has 8 heteroatoms. The van der Waals surface area contributed by atoms with Crippen LogP contribution < -0.4 is 18.1 Å². The minimum absolute atomic E-state index is 0.229. The van der Waals surface area contributed by atoms with Gasteiger partial charge in [-0.1, -0.05) is 310 Å². The highest BCUT2D eigenvalue weighted by Crippen LogP contribution is 2.52. The van der Waals surface area contributed by atoms with E-state index < -0.39 is 17.2 Å². The van der Waals surface area contributed by atoms with E-state index in [9.17, 15) is 0 Å². The summed E-state index contributed by atoms with van der Waals surface area (Å²) in [7, 11) is -3.50. The summed E-state index contributed by atoms with van der Waals surface area (Å²) in [4.78, 5) is 0. The normalized spacial score (nSPS) is 15.4. The molecule has 4 aromatic carbocycles. The first-order valence-corrected chi connectivity index (χ1v) is 38.3. The van der Waals surface area contributed by atoms with E-state index in [0.29, 0.717) is 25.0 Å². The smallest absolute Gasteiger partial charge is 0.417 e. The minimum atomic E-state index is -1.75. The molecular weight excluding hydrogens is 1110 g/mol. The van der Waals surface area contributed by atoms with Gasteiger partial charge in [0, 0.05) is 16.5 Å². The Kier molecular flexibility index (Phi) is 32.9. The van der Waals surface area contributed by atoms with Crippen molar-refractivity contribution in [3.8, 4) is 23.0 Å². The van der Waals surface area contributed by atoms with Crippen molar-refractivity contribution < 1.29 is 27.1 Å². The Morgan fingerprint density at radius 1 is 0.345 bits per heavy atom. The lowest BCUT2D eigenvalue weighted by Gasteiger charge is -2.35. The zero-order chi connectivity index (χ0) is 62.3. The molecule has 0 aliphatic heterocycles. The van der Waals surface area contributed by atoms with Crippen molar-refractivity contribution in [3.63, 3.8) is 0 Å². The quantitative estimate of drug-likeness (QED) is 0.0326. The minimum Gasteiger partial charge on any atom is -0.417 e.